The highest BCUT2D eigenvalue weighted by Gasteiger charge is 2.46. The Morgan fingerprint density at radius 1 is 0.966 bits per heavy atom. The Kier molecular flexibility index (Phi) is 7.25. The molecule has 2 atom stereocenters. The number of likely N-dealkylation sites (tertiary alicyclic amines) is 1. The van der Waals surface area contributed by atoms with Gasteiger partial charge in [-0.1, -0.05) is 29.8 Å². The van der Waals surface area contributed by atoms with Crippen LogP contribution in [-0.4, -0.2) is 60.9 Å². The maximum atomic E-state index is 12.5. The molecule has 2 amide bonds. The second kappa shape index (κ2) is 9.50. The van der Waals surface area contributed by atoms with Crippen molar-refractivity contribution in [2.75, 3.05) is 44.2 Å². The van der Waals surface area contributed by atoms with E-state index in [1.54, 1.807) is 0 Å². The number of benzene rings is 1. The molecular formula is C22H29Cl2N3O2. The highest BCUT2D eigenvalue weighted by Crippen LogP contribution is 2.35. The Morgan fingerprint density at radius 3 is 2.21 bits per heavy atom. The van der Waals surface area contributed by atoms with E-state index in [1.165, 1.54) is 16.2 Å². The standard InChI is InChI=1S/C22H28ClN3O2.ClH/c1-16-7-8-17(23)15-20(16)25-13-11-24(12-14-25)9-4-10-26-21(27)18-5-2-3-6-19(18)22(26)28;/h2-3,7-8,15,18-19H,4-6,9-14H2,1H3;1H. The number of anilines is 1. The Bertz CT molecular complexity index is 764. The van der Waals surface area contributed by atoms with Gasteiger partial charge in [0.05, 0.1) is 11.8 Å². The van der Waals surface area contributed by atoms with Crippen LogP contribution in [0.3, 0.4) is 0 Å². The van der Waals surface area contributed by atoms with E-state index in [2.05, 4.69) is 22.8 Å². The van der Waals surface area contributed by atoms with Crippen LogP contribution in [0.2, 0.25) is 5.02 Å². The first-order chi connectivity index (χ1) is 13.5. The van der Waals surface area contributed by atoms with Gasteiger partial charge in [0.2, 0.25) is 11.8 Å². The van der Waals surface area contributed by atoms with Crippen LogP contribution in [0.15, 0.2) is 30.4 Å². The van der Waals surface area contributed by atoms with Crippen LogP contribution >= 0.6 is 24.0 Å². The number of amides is 2. The van der Waals surface area contributed by atoms with Crippen molar-refractivity contribution in [2.24, 2.45) is 11.8 Å². The third kappa shape index (κ3) is 4.62. The molecule has 4 rings (SSSR count). The SMILES string of the molecule is Cc1ccc(Cl)cc1N1CCN(CCCN2C(=O)C3CC=CCC3C2=O)CC1.Cl. The second-order valence-corrected chi connectivity index (χ2v) is 8.53. The van der Waals surface area contributed by atoms with E-state index in [0.717, 1.165) is 57.0 Å². The molecule has 0 radical (unpaired) electrons. The Labute approximate surface area is 184 Å². The Balaban J connectivity index is 0.00000240. The summed E-state index contributed by atoms with van der Waals surface area (Å²) in [5.74, 6) is -0.134. The molecule has 158 valence electrons. The first-order valence-corrected chi connectivity index (χ1v) is 10.7. The summed E-state index contributed by atoms with van der Waals surface area (Å²) in [5.41, 5.74) is 2.47. The highest BCUT2D eigenvalue weighted by molar-refractivity contribution is 6.30. The van der Waals surface area contributed by atoms with Crippen molar-refractivity contribution in [1.29, 1.82) is 0 Å². The average Bonchev–Trinajstić information content (AvgIpc) is 2.95. The lowest BCUT2D eigenvalue weighted by Crippen LogP contribution is -2.47. The monoisotopic (exact) mass is 437 g/mol. The zero-order chi connectivity index (χ0) is 19.7. The number of piperazine rings is 1. The molecule has 2 fully saturated rings. The van der Waals surface area contributed by atoms with Gasteiger partial charge in [0.1, 0.15) is 0 Å². The van der Waals surface area contributed by atoms with E-state index in [0.29, 0.717) is 6.54 Å². The van der Waals surface area contributed by atoms with E-state index in [-0.39, 0.29) is 36.1 Å². The summed E-state index contributed by atoms with van der Waals surface area (Å²) in [4.78, 5) is 31.4. The number of carbonyl (C=O) groups is 2. The number of hydrogen-bond acceptors (Lipinski definition) is 4. The molecule has 1 aromatic rings. The molecule has 7 heteroatoms. The number of allylic oxidation sites excluding steroid dienone is 2. The van der Waals surface area contributed by atoms with Crippen molar-refractivity contribution in [3.05, 3.63) is 40.9 Å². The fourth-order valence-electron chi connectivity index (χ4n) is 4.68. The van der Waals surface area contributed by atoms with E-state index in [4.69, 9.17) is 11.6 Å². The summed E-state index contributed by atoms with van der Waals surface area (Å²) in [6.45, 7) is 7.52. The van der Waals surface area contributed by atoms with Crippen molar-refractivity contribution in [3.63, 3.8) is 0 Å². The number of halogens is 2. The van der Waals surface area contributed by atoms with Crippen LogP contribution in [0.1, 0.15) is 24.8 Å². The number of hydrogen-bond donors (Lipinski definition) is 0. The van der Waals surface area contributed by atoms with Crippen LogP contribution < -0.4 is 4.90 Å². The number of fused-ring (bicyclic) bond motifs is 1. The van der Waals surface area contributed by atoms with Crippen molar-refractivity contribution < 1.29 is 9.59 Å². The fourth-order valence-corrected chi connectivity index (χ4v) is 4.84. The van der Waals surface area contributed by atoms with E-state index in [1.807, 2.05) is 24.3 Å². The summed E-state index contributed by atoms with van der Waals surface area (Å²) in [6.07, 6.45) is 6.36. The van der Waals surface area contributed by atoms with Crippen LogP contribution in [0.5, 0.6) is 0 Å². The molecule has 0 saturated carbocycles. The molecule has 0 bridgehead atoms. The summed E-state index contributed by atoms with van der Waals surface area (Å²) >= 11 is 6.16. The minimum atomic E-state index is -0.109. The molecule has 29 heavy (non-hydrogen) atoms. The smallest absolute Gasteiger partial charge is 0.233 e. The van der Waals surface area contributed by atoms with Gasteiger partial charge in [-0.05, 0) is 50.4 Å². The molecule has 0 N–H and O–H groups in total. The number of carbonyl (C=O) groups excluding carboxylic acids is 2. The molecule has 1 aromatic carbocycles. The summed E-state index contributed by atoms with van der Waals surface area (Å²) in [7, 11) is 0. The van der Waals surface area contributed by atoms with Crippen molar-refractivity contribution in [2.45, 2.75) is 26.2 Å². The Morgan fingerprint density at radius 2 is 1.59 bits per heavy atom. The van der Waals surface area contributed by atoms with E-state index >= 15 is 0 Å². The quantitative estimate of drug-likeness (QED) is 0.521. The van der Waals surface area contributed by atoms with Crippen molar-refractivity contribution in [1.82, 2.24) is 9.80 Å². The minimum Gasteiger partial charge on any atom is -0.369 e. The third-order valence-corrected chi connectivity index (χ3v) is 6.57. The van der Waals surface area contributed by atoms with Gasteiger partial charge in [0, 0.05) is 43.4 Å². The third-order valence-electron chi connectivity index (χ3n) is 6.34. The normalized spacial score (nSPS) is 24.6. The predicted molar refractivity (Wildman–Crippen MR) is 119 cm³/mol. The molecule has 2 saturated heterocycles. The lowest BCUT2D eigenvalue weighted by Gasteiger charge is -2.37. The predicted octanol–water partition coefficient (Wildman–Crippen LogP) is 3.53. The Hall–Kier alpha value is -1.56. The van der Waals surface area contributed by atoms with Crippen LogP contribution in [0.25, 0.3) is 0 Å². The fraction of sp³-hybridized carbons (Fsp3) is 0.545. The molecule has 5 nitrogen and oxygen atoms in total. The van der Waals surface area contributed by atoms with Gasteiger partial charge < -0.3 is 4.90 Å². The zero-order valence-corrected chi connectivity index (χ0v) is 18.4. The topological polar surface area (TPSA) is 43.9 Å². The van der Waals surface area contributed by atoms with E-state index < -0.39 is 0 Å². The number of aryl methyl sites for hydroxylation is 1. The molecule has 0 aromatic heterocycles. The zero-order valence-electron chi connectivity index (χ0n) is 16.8. The van der Waals surface area contributed by atoms with Crippen molar-refractivity contribution in [3.8, 4) is 0 Å². The van der Waals surface area contributed by atoms with Gasteiger partial charge in [0.15, 0.2) is 0 Å². The summed E-state index contributed by atoms with van der Waals surface area (Å²) in [6, 6.07) is 6.05. The maximum Gasteiger partial charge on any atom is 0.233 e. The number of nitrogens with zero attached hydrogens (tertiary/aromatic N) is 3. The molecular weight excluding hydrogens is 409 g/mol. The molecule has 3 aliphatic rings. The summed E-state index contributed by atoms with van der Waals surface area (Å²) < 4.78 is 0. The lowest BCUT2D eigenvalue weighted by molar-refractivity contribution is -0.140. The molecule has 2 heterocycles. The first kappa shape index (κ1) is 22.1. The van der Waals surface area contributed by atoms with Crippen LogP contribution in [-0.2, 0) is 9.59 Å². The molecule has 2 unspecified atom stereocenters. The lowest BCUT2D eigenvalue weighted by atomic mass is 9.85. The first-order valence-electron chi connectivity index (χ1n) is 10.3. The van der Waals surface area contributed by atoms with Gasteiger partial charge in [-0.25, -0.2) is 0 Å². The van der Waals surface area contributed by atoms with Gasteiger partial charge in [-0.15, -0.1) is 12.4 Å². The van der Waals surface area contributed by atoms with Gasteiger partial charge in [-0.2, -0.15) is 0 Å². The molecule has 0 spiro atoms. The largest absolute Gasteiger partial charge is 0.369 e. The maximum absolute atomic E-state index is 12.5. The van der Waals surface area contributed by atoms with Gasteiger partial charge in [0.25, 0.3) is 0 Å². The van der Waals surface area contributed by atoms with Gasteiger partial charge in [-0.3, -0.25) is 19.4 Å². The second-order valence-electron chi connectivity index (χ2n) is 8.10. The summed E-state index contributed by atoms with van der Waals surface area (Å²) in [5, 5.41) is 0.777. The van der Waals surface area contributed by atoms with E-state index in [9.17, 15) is 9.59 Å². The number of imide groups is 1. The van der Waals surface area contributed by atoms with Gasteiger partial charge >= 0.3 is 0 Å². The van der Waals surface area contributed by atoms with Crippen LogP contribution in [0.4, 0.5) is 5.69 Å². The molecule has 1 aliphatic carbocycles. The minimum absolute atomic E-state index is 0. The molecule has 2 aliphatic heterocycles. The van der Waals surface area contributed by atoms with Crippen molar-refractivity contribution >= 4 is 41.5 Å². The average molecular weight is 438 g/mol. The highest BCUT2D eigenvalue weighted by atomic mass is 35.5. The number of rotatable bonds is 5. The van der Waals surface area contributed by atoms with Crippen LogP contribution in [0, 0.1) is 18.8 Å².